The lowest BCUT2D eigenvalue weighted by Crippen LogP contribution is -2.28. The van der Waals surface area contributed by atoms with Gasteiger partial charge in [0.05, 0.1) is 0 Å². The molecule has 15 heavy (non-hydrogen) atoms. The summed E-state index contributed by atoms with van der Waals surface area (Å²) in [6, 6.07) is 0.528. The minimum atomic E-state index is -5.69. The van der Waals surface area contributed by atoms with Crippen LogP contribution in [0.5, 0.6) is 6.01 Å². The molecule has 0 N–H and O–H groups in total. The predicted molar refractivity (Wildman–Crippen MR) is 42.4 cm³/mol. The third kappa shape index (κ3) is 2.78. The van der Waals surface area contributed by atoms with Crippen molar-refractivity contribution in [3.05, 3.63) is 18.0 Å². The second-order valence-electron chi connectivity index (χ2n) is 2.46. The van der Waals surface area contributed by atoms with Crippen LogP contribution in [-0.2, 0) is 10.1 Å². The summed E-state index contributed by atoms with van der Waals surface area (Å²) in [5, 5.41) is 0. The fourth-order valence-corrected chi connectivity index (χ4v) is 0.982. The van der Waals surface area contributed by atoms with Crippen LogP contribution in [-0.4, -0.2) is 23.9 Å². The summed E-state index contributed by atoms with van der Waals surface area (Å²) in [6.45, 7) is 1.45. The van der Waals surface area contributed by atoms with Gasteiger partial charge in [-0.3, -0.25) is 0 Å². The van der Waals surface area contributed by atoms with Crippen LogP contribution in [0.4, 0.5) is 13.2 Å². The zero-order valence-corrected chi connectivity index (χ0v) is 8.13. The minimum Gasteiger partial charge on any atom is -0.337 e. The van der Waals surface area contributed by atoms with Gasteiger partial charge in [-0.25, -0.2) is 4.98 Å². The number of rotatable bonds is 2. The Morgan fingerprint density at radius 3 is 2.47 bits per heavy atom. The predicted octanol–water partition coefficient (Wildman–Crippen LogP) is 1.01. The first-order valence-corrected chi connectivity index (χ1v) is 4.93. The van der Waals surface area contributed by atoms with Crippen molar-refractivity contribution >= 4 is 10.1 Å². The maximum atomic E-state index is 11.9. The Bertz CT molecular complexity index is 457. The fourth-order valence-electron chi connectivity index (χ4n) is 0.611. The van der Waals surface area contributed by atoms with Crippen LogP contribution in [0.2, 0.25) is 0 Å². The van der Waals surface area contributed by atoms with Crippen LogP contribution in [0.15, 0.2) is 12.3 Å². The number of alkyl halides is 3. The van der Waals surface area contributed by atoms with E-state index in [2.05, 4.69) is 14.2 Å². The van der Waals surface area contributed by atoms with Gasteiger partial charge < -0.3 is 4.18 Å². The molecule has 1 heterocycles. The summed E-state index contributed by atoms with van der Waals surface area (Å²) in [5.74, 6) is 0. The zero-order chi connectivity index (χ0) is 11.7. The Balaban J connectivity index is 2.98. The number of hydrogen-bond donors (Lipinski definition) is 0. The first kappa shape index (κ1) is 11.7. The molecule has 1 rings (SSSR count). The van der Waals surface area contributed by atoms with E-state index < -0.39 is 21.6 Å². The van der Waals surface area contributed by atoms with Crippen molar-refractivity contribution in [2.24, 2.45) is 0 Å². The van der Waals surface area contributed by atoms with Crippen LogP contribution in [0.3, 0.4) is 0 Å². The van der Waals surface area contributed by atoms with Crippen molar-refractivity contribution in [3.8, 4) is 6.01 Å². The van der Waals surface area contributed by atoms with Crippen LogP contribution in [0, 0.1) is 6.92 Å². The maximum absolute atomic E-state index is 11.9. The molecular formula is C6H5F3N2O3S. The van der Waals surface area contributed by atoms with Crippen LogP contribution in [0.1, 0.15) is 5.69 Å². The van der Waals surface area contributed by atoms with E-state index in [-0.39, 0.29) is 5.69 Å². The van der Waals surface area contributed by atoms with Gasteiger partial charge in [-0.15, -0.1) is 0 Å². The number of nitrogens with zero attached hydrogens (tertiary/aromatic N) is 2. The van der Waals surface area contributed by atoms with Gasteiger partial charge in [-0.1, -0.05) is 0 Å². The van der Waals surface area contributed by atoms with Gasteiger partial charge in [0.15, 0.2) is 0 Å². The fraction of sp³-hybridized carbons (Fsp3) is 0.333. The molecule has 9 heteroatoms. The molecule has 0 fully saturated rings. The van der Waals surface area contributed by atoms with E-state index in [1.807, 2.05) is 0 Å². The Labute approximate surface area is 83.0 Å². The zero-order valence-electron chi connectivity index (χ0n) is 7.32. The molecule has 1 aromatic heterocycles. The molecule has 0 aliphatic rings. The SMILES string of the molecule is Cc1ccnc(OS(=O)(=O)C(F)(F)F)n1. The molecule has 0 atom stereocenters. The molecule has 0 unspecified atom stereocenters. The number of aryl methyl sites for hydroxylation is 1. The summed E-state index contributed by atoms with van der Waals surface area (Å²) in [5.41, 5.74) is -5.20. The van der Waals surface area contributed by atoms with Gasteiger partial charge in [-0.05, 0) is 13.0 Å². The van der Waals surface area contributed by atoms with Crippen molar-refractivity contribution < 1.29 is 25.8 Å². The van der Waals surface area contributed by atoms with E-state index in [0.717, 1.165) is 6.20 Å². The highest BCUT2D eigenvalue weighted by atomic mass is 32.2. The first-order chi connectivity index (χ1) is 6.72. The maximum Gasteiger partial charge on any atom is 0.534 e. The second-order valence-corrected chi connectivity index (χ2v) is 4.00. The largest absolute Gasteiger partial charge is 0.534 e. The molecule has 0 bridgehead atoms. The molecular weight excluding hydrogens is 237 g/mol. The Morgan fingerprint density at radius 2 is 2.00 bits per heavy atom. The average Bonchev–Trinajstić information content (AvgIpc) is 2.00. The van der Waals surface area contributed by atoms with Crippen molar-refractivity contribution in [2.45, 2.75) is 12.4 Å². The number of hydrogen-bond acceptors (Lipinski definition) is 5. The van der Waals surface area contributed by atoms with Gasteiger partial charge in [-0.2, -0.15) is 26.6 Å². The van der Waals surface area contributed by atoms with Crippen molar-refractivity contribution in [2.75, 3.05) is 0 Å². The first-order valence-electron chi connectivity index (χ1n) is 3.53. The molecule has 5 nitrogen and oxygen atoms in total. The van der Waals surface area contributed by atoms with E-state index in [1.54, 1.807) is 0 Å². The van der Waals surface area contributed by atoms with Gasteiger partial charge in [0.25, 0.3) is 0 Å². The lowest BCUT2D eigenvalue weighted by Gasteiger charge is -2.07. The highest BCUT2D eigenvalue weighted by molar-refractivity contribution is 7.87. The quantitative estimate of drug-likeness (QED) is 0.572. The second kappa shape index (κ2) is 3.65. The van der Waals surface area contributed by atoms with Crippen molar-refractivity contribution in [1.82, 2.24) is 9.97 Å². The van der Waals surface area contributed by atoms with Crippen LogP contribution >= 0.6 is 0 Å². The summed E-state index contributed by atoms with van der Waals surface area (Å²) >= 11 is 0. The normalized spacial score (nSPS) is 12.5. The van der Waals surface area contributed by atoms with E-state index >= 15 is 0 Å². The molecule has 0 saturated heterocycles. The third-order valence-corrected chi connectivity index (χ3v) is 2.18. The van der Waals surface area contributed by atoms with Gasteiger partial charge in [0.2, 0.25) is 0 Å². The number of halogens is 3. The summed E-state index contributed by atoms with van der Waals surface area (Å²) in [6.07, 6.45) is 1.09. The molecule has 84 valence electrons. The smallest absolute Gasteiger partial charge is 0.337 e. The number of aromatic nitrogens is 2. The lowest BCUT2D eigenvalue weighted by molar-refractivity contribution is -0.0502. The molecule has 1 aromatic rings. The molecule has 0 aliphatic heterocycles. The van der Waals surface area contributed by atoms with E-state index in [4.69, 9.17) is 0 Å². The van der Waals surface area contributed by atoms with Gasteiger partial charge in [0.1, 0.15) is 0 Å². The topological polar surface area (TPSA) is 69.2 Å². The van der Waals surface area contributed by atoms with Gasteiger partial charge in [0, 0.05) is 11.9 Å². The summed E-state index contributed by atoms with van der Waals surface area (Å²) in [7, 11) is -5.69. The Morgan fingerprint density at radius 1 is 1.40 bits per heavy atom. The standard InChI is InChI=1S/C6H5F3N2O3S/c1-4-2-3-10-5(11-4)14-15(12,13)6(7,8)9/h2-3H,1H3. The van der Waals surface area contributed by atoms with E-state index in [0.29, 0.717) is 0 Å². The Kier molecular flexibility index (Phi) is 2.84. The summed E-state index contributed by atoms with van der Waals surface area (Å²) < 4.78 is 60.2. The average molecular weight is 242 g/mol. The third-order valence-electron chi connectivity index (χ3n) is 1.24. The van der Waals surface area contributed by atoms with Crippen LogP contribution < -0.4 is 4.18 Å². The van der Waals surface area contributed by atoms with E-state index in [1.165, 1.54) is 13.0 Å². The lowest BCUT2D eigenvalue weighted by atomic mass is 10.5. The molecule has 0 radical (unpaired) electrons. The highest BCUT2D eigenvalue weighted by Crippen LogP contribution is 2.25. The molecule has 0 saturated carbocycles. The van der Waals surface area contributed by atoms with Crippen LogP contribution in [0.25, 0.3) is 0 Å². The van der Waals surface area contributed by atoms with E-state index in [9.17, 15) is 21.6 Å². The molecule has 0 amide bonds. The minimum absolute atomic E-state index is 0.289. The Hall–Kier alpha value is -1.38. The highest BCUT2D eigenvalue weighted by Gasteiger charge is 2.49. The van der Waals surface area contributed by atoms with Crippen molar-refractivity contribution in [1.29, 1.82) is 0 Å². The molecule has 0 spiro atoms. The summed E-state index contributed by atoms with van der Waals surface area (Å²) in [4.78, 5) is 6.59. The van der Waals surface area contributed by atoms with Crippen molar-refractivity contribution in [3.63, 3.8) is 0 Å². The monoisotopic (exact) mass is 242 g/mol. The molecule has 0 aliphatic carbocycles. The molecule has 0 aromatic carbocycles. The van der Waals surface area contributed by atoms with Gasteiger partial charge >= 0.3 is 21.6 Å².